The van der Waals surface area contributed by atoms with Crippen molar-refractivity contribution in [1.82, 2.24) is 4.98 Å². The number of nitrogens with one attached hydrogen (secondary N) is 1. The lowest BCUT2D eigenvalue weighted by atomic mass is 10.1. The van der Waals surface area contributed by atoms with Crippen LogP contribution in [0.25, 0.3) is 0 Å². The number of rotatable bonds is 6. The van der Waals surface area contributed by atoms with Crippen LogP contribution in [0, 0.1) is 10.5 Å². The fourth-order valence-corrected chi connectivity index (χ4v) is 3.16. The molecular formula is C22H21IN2O3. The lowest BCUT2D eigenvalue weighted by molar-refractivity contribution is 0.102. The van der Waals surface area contributed by atoms with E-state index in [1.165, 1.54) is 0 Å². The maximum absolute atomic E-state index is 12.7. The molecule has 5 nitrogen and oxygen atoms in total. The van der Waals surface area contributed by atoms with Gasteiger partial charge in [0.05, 0.1) is 26.6 Å². The van der Waals surface area contributed by atoms with Crippen molar-refractivity contribution in [3.8, 4) is 11.5 Å². The van der Waals surface area contributed by atoms with Gasteiger partial charge in [0.15, 0.2) is 0 Å². The Bertz CT molecular complexity index is 991. The smallest absolute Gasteiger partial charge is 0.257 e. The molecule has 1 heterocycles. The van der Waals surface area contributed by atoms with E-state index in [0.29, 0.717) is 22.7 Å². The van der Waals surface area contributed by atoms with Gasteiger partial charge >= 0.3 is 0 Å². The maximum atomic E-state index is 12.7. The van der Waals surface area contributed by atoms with Crippen LogP contribution in [0.15, 0.2) is 60.7 Å². The minimum atomic E-state index is -0.215. The van der Waals surface area contributed by atoms with E-state index in [-0.39, 0.29) is 12.0 Å². The summed E-state index contributed by atoms with van der Waals surface area (Å²) in [5, 5.41) is 2.91. The molecule has 1 aromatic heterocycles. The molecule has 2 aromatic carbocycles. The number of carbonyl (C=O) groups excluding carboxylic acids is 1. The largest absolute Gasteiger partial charge is 0.456 e. The molecule has 1 N–H and O–H groups in total. The third-order valence-electron chi connectivity index (χ3n) is 4.28. The normalized spacial score (nSPS) is 11.7. The van der Waals surface area contributed by atoms with Crippen molar-refractivity contribution in [3.63, 3.8) is 0 Å². The van der Waals surface area contributed by atoms with Gasteiger partial charge < -0.3 is 14.8 Å². The van der Waals surface area contributed by atoms with Gasteiger partial charge in [-0.1, -0.05) is 18.2 Å². The summed E-state index contributed by atoms with van der Waals surface area (Å²) in [7, 11) is 1.63. The first-order valence-corrected chi connectivity index (χ1v) is 9.90. The number of para-hydroxylation sites is 1. The van der Waals surface area contributed by atoms with E-state index in [2.05, 4.69) is 32.9 Å². The van der Waals surface area contributed by atoms with E-state index in [4.69, 9.17) is 9.47 Å². The Labute approximate surface area is 178 Å². The zero-order valence-electron chi connectivity index (χ0n) is 15.9. The molecule has 3 aromatic rings. The second-order valence-electron chi connectivity index (χ2n) is 6.26. The molecule has 6 heteroatoms. The highest BCUT2D eigenvalue weighted by Crippen LogP contribution is 2.28. The molecule has 0 aliphatic rings. The first-order valence-electron chi connectivity index (χ1n) is 8.82. The number of ether oxygens (including phenoxy) is 2. The molecule has 144 valence electrons. The van der Waals surface area contributed by atoms with Gasteiger partial charge in [-0.25, -0.2) is 0 Å². The van der Waals surface area contributed by atoms with Crippen LogP contribution in [0.4, 0.5) is 5.69 Å². The number of methoxy groups -OCH3 is 1. The van der Waals surface area contributed by atoms with Gasteiger partial charge in [-0.15, -0.1) is 0 Å². The predicted molar refractivity (Wildman–Crippen MR) is 118 cm³/mol. The SMILES string of the molecule is COC(C)c1ccc(C(=O)Nc2cccc(Oc3ccccc3I)c2)c(C)n1. The van der Waals surface area contributed by atoms with Crippen molar-refractivity contribution >= 4 is 34.2 Å². The molecule has 0 radical (unpaired) electrons. The number of aryl methyl sites for hydroxylation is 1. The Kier molecular flexibility index (Phi) is 6.64. The molecule has 0 aliphatic heterocycles. The number of halogens is 1. The fraction of sp³-hybridized carbons (Fsp3) is 0.182. The summed E-state index contributed by atoms with van der Waals surface area (Å²) < 4.78 is 12.2. The molecule has 28 heavy (non-hydrogen) atoms. The number of carbonyl (C=O) groups is 1. The topological polar surface area (TPSA) is 60.5 Å². The van der Waals surface area contributed by atoms with Crippen LogP contribution in [0.1, 0.15) is 34.8 Å². The lowest BCUT2D eigenvalue weighted by Crippen LogP contribution is -2.15. The molecule has 1 unspecified atom stereocenters. The first-order chi connectivity index (χ1) is 13.5. The zero-order chi connectivity index (χ0) is 20.1. The Morgan fingerprint density at radius 1 is 1.11 bits per heavy atom. The summed E-state index contributed by atoms with van der Waals surface area (Å²) >= 11 is 2.23. The average Bonchev–Trinajstić information content (AvgIpc) is 2.69. The minimum Gasteiger partial charge on any atom is -0.456 e. The molecular weight excluding hydrogens is 467 g/mol. The van der Waals surface area contributed by atoms with Gasteiger partial charge in [0.25, 0.3) is 5.91 Å². The number of benzene rings is 2. The monoisotopic (exact) mass is 488 g/mol. The van der Waals surface area contributed by atoms with Crippen molar-refractivity contribution in [2.45, 2.75) is 20.0 Å². The quantitative estimate of drug-likeness (QED) is 0.450. The van der Waals surface area contributed by atoms with Crippen LogP contribution in [0.3, 0.4) is 0 Å². The molecule has 0 fully saturated rings. The molecule has 1 amide bonds. The number of anilines is 1. The maximum Gasteiger partial charge on any atom is 0.257 e. The third kappa shape index (κ3) is 4.88. The lowest BCUT2D eigenvalue weighted by Gasteiger charge is -2.13. The Morgan fingerprint density at radius 2 is 1.89 bits per heavy atom. The number of amides is 1. The molecule has 0 aliphatic carbocycles. The second kappa shape index (κ2) is 9.16. The highest BCUT2D eigenvalue weighted by molar-refractivity contribution is 14.1. The van der Waals surface area contributed by atoms with E-state index in [0.717, 1.165) is 15.0 Å². The first kappa shape index (κ1) is 20.3. The van der Waals surface area contributed by atoms with Crippen LogP contribution in [-0.4, -0.2) is 18.0 Å². The fourth-order valence-electron chi connectivity index (χ4n) is 2.66. The number of hydrogen-bond donors (Lipinski definition) is 1. The number of nitrogens with zero attached hydrogens (tertiary/aromatic N) is 1. The average molecular weight is 488 g/mol. The summed E-state index contributed by atoms with van der Waals surface area (Å²) in [5.41, 5.74) is 2.63. The van der Waals surface area contributed by atoms with Crippen LogP contribution in [-0.2, 0) is 4.74 Å². The van der Waals surface area contributed by atoms with E-state index in [1.54, 1.807) is 19.2 Å². The van der Waals surface area contributed by atoms with Crippen LogP contribution >= 0.6 is 22.6 Å². The highest BCUT2D eigenvalue weighted by atomic mass is 127. The van der Waals surface area contributed by atoms with Crippen LogP contribution < -0.4 is 10.1 Å². The van der Waals surface area contributed by atoms with Crippen molar-refractivity contribution in [1.29, 1.82) is 0 Å². The summed E-state index contributed by atoms with van der Waals surface area (Å²) in [6.45, 7) is 3.73. The second-order valence-corrected chi connectivity index (χ2v) is 7.42. The van der Waals surface area contributed by atoms with Crippen molar-refractivity contribution in [3.05, 3.63) is 81.2 Å². The zero-order valence-corrected chi connectivity index (χ0v) is 18.1. The van der Waals surface area contributed by atoms with Crippen LogP contribution in [0.5, 0.6) is 11.5 Å². The molecule has 0 saturated heterocycles. The van der Waals surface area contributed by atoms with Gasteiger partial charge in [0, 0.05) is 18.9 Å². The van der Waals surface area contributed by atoms with Gasteiger partial charge in [0.1, 0.15) is 11.5 Å². The van der Waals surface area contributed by atoms with Crippen molar-refractivity contribution in [2.24, 2.45) is 0 Å². The van der Waals surface area contributed by atoms with Gasteiger partial charge in [-0.05, 0) is 72.8 Å². The van der Waals surface area contributed by atoms with Crippen LogP contribution in [0.2, 0.25) is 0 Å². The molecule has 0 spiro atoms. The standard InChI is InChI=1S/C22H21IN2O3/c1-14-18(11-12-20(24-14)15(2)27-3)22(26)25-16-7-6-8-17(13-16)28-21-10-5-4-9-19(21)23/h4-13,15H,1-3H3,(H,25,26). The third-order valence-corrected chi connectivity index (χ3v) is 5.17. The van der Waals surface area contributed by atoms with Gasteiger partial charge in [-0.2, -0.15) is 0 Å². The van der Waals surface area contributed by atoms with E-state index >= 15 is 0 Å². The summed E-state index contributed by atoms with van der Waals surface area (Å²) in [6.07, 6.45) is -0.120. The predicted octanol–water partition coefficient (Wildman–Crippen LogP) is 5.75. The van der Waals surface area contributed by atoms with Gasteiger partial charge in [0.2, 0.25) is 0 Å². The van der Waals surface area contributed by atoms with Crippen molar-refractivity contribution in [2.75, 3.05) is 12.4 Å². The summed E-state index contributed by atoms with van der Waals surface area (Å²) in [5.74, 6) is 1.21. The summed E-state index contributed by atoms with van der Waals surface area (Å²) in [6, 6.07) is 18.7. The van der Waals surface area contributed by atoms with E-state index in [1.807, 2.05) is 62.4 Å². The number of hydrogen-bond acceptors (Lipinski definition) is 4. The molecule has 3 rings (SSSR count). The number of pyridine rings is 1. The summed E-state index contributed by atoms with van der Waals surface area (Å²) in [4.78, 5) is 17.2. The Balaban J connectivity index is 1.75. The molecule has 0 bridgehead atoms. The van der Waals surface area contributed by atoms with Crippen molar-refractivity contribution < 1.29 is 14.3 Å². The van der Waals surface area contributed by atoms with E-state index < -0.39 is 0 Å². The Hall–Kier alpha value is -2.45. The molecule has 0 saturated carbocycles. The molecule has 1 atom stereocenters. The number of aromatic nitrogens is 1. The van der Waals surface area contributed by atoms with Gasteiger partial charge in [-0.3, -0.25) is 9.78 Å². The Morgan fingerprint density at radius 3 is 2.61 bits per heavy atom. The minimum absolute atomic E-state index is 0.120. The van der Waals surface area contributed by atoms with E-state index in [9.17, 15) is 4.79 Å². The highest BCUT2D eigenvalue weighted by Gasteiger charge is 2.14.